The molecule has 2 heterocycles. The van der Waals surface area contributed by atoms with Gasteiger partial charge in [-0.1, -0.05) is 12.1 Å². The Morgan fingerprint density at radius 2 is 2.06 bits per heavy atom. The second kappa shape index (κ2) is 4.94. The maximum Gasteiger partial charge on any atom is 0.0461 e. The number of aromatic nitrogens is 1. The van der Waals surface area contributed by atoms with Gasteiger partial charge in [-0.2, -0.15) is 0 Å². The zero-order valence-corrected chi connectivity index (χ0v) is 10.8. The third-order valence-electron chi connectivity index (χ3n) is 3.90. The number of nitrogens with zero attached hydrogens (tertiary/aromatic N) is 2. The fourth-order valence-electron chi connectivity index (χ4n) is 2.78. The minimum absolute atomic E-state index is 0.675. The molecule has 1 aromatic carbocycles. The molecule has 1 saturated heterocycles. The zero-order chi connectivity index (χ0) is 12.4. The summed E-state index contributed by atoms with van der Waals surface area (Å²) in [4.78, 5) is 6.74. The average Bonchev–Trinajstić information content (AvgIpc) is 2.47. The van der Waals surface area contributed by atoms with E-state index >= 15 is 0 Å². The summed E-state index contributed by atoms with van der Waals surface area (Å²) >= 11 is 0. The predicted molar refractivity (Wildman–Crippen MR) is 76.0 cm³/mol. The SMILES string of the molecule is CNC1CCN(c2cccc3ccncc23)CC1. The lowest BCUT2D eigenvalue weighted by molar-refractivity contribution is 0.443. The molecule has 0 bridgehead atoms. The van der Waals surface area contributed by atoms with Crippen LogP contribution in [0.15, 0.2) is 36.7 Å². The van der Waals surface area contributed by atoms with Gasteiger partial charge in [0.05, 0.1) is 0 Å². The predicted octanol–water partition coefficient (Wildman–Crippen LogP) is 2.42. The summed E-state index contributed by atoms with van der Waals surface area (Å²) in [6.45, 7) is 2.25. The van der Waals surface area contributed by atoms with Crippen LogP contribution in [0.2, 0.25) is 0 Å². The number of hydrogen-bond acceptors (Lipinski definition) is 3. The lowest BCUT2D eigenvalue weighted by atomic mass is 10.0. The molecule has 0 spiro atoms. The van der Waals surface area contributed by atoms with Crippen molar-refractivity contribution in [2.24, 2.45) is 0 Å². The fourth-order valence-corrected chi connectivity index (χ4v) is 2.78. The van der Waals surface area contributed by atoms with Gasteiger partial charge in [0, 0.05) is 42.6 Å². The van der Waals surface area contributed by atoms with Crippen LogP contribution in [0.25, 0.3) is 10.8 Å². The van der Waals surface area contributed by atoms with Gasteiger partial charge in [0.2, 0.25) is 0 Å². The Labute approximate surface area is 108 Å². The highest BCUT2D eigenvalue weighted by atomic mass is 15.1. The first kappa shape index (κ1) is 11.5. The molecule has 1 aliphatic heterocycles. The van der Waals surface area contributed by atoms with E-state index in [4.69, 9.17) is 0 Å². The van der Waals surface area contributed by atoms with Crippen LogP contribution >= 0.6 is 0 Å². The van der Waals surface area contributed by atoms with Crippen molar-refractivity contribution in [1.82, 2.24) is 10.3 Å². The highest BCUT2D eigenvalue weighted by Gasteiger charge is 2.19. The molecule has 0 unspecified atom stereocenters. The Bertz CT molecular complexity index is 525. The average molecular weight is 241 g/mol. The van der Waals surface area contributed by atoms with Gasteiger partial charge in [0.1, 0.15) is 0 Å². The molecular formula is C15H19N3. The van der Waals surface area contributed by atoms with E-state index in [0.29, 0.717) is 6.04 Å². The van der Waals surface area contributed by atoms with E-state index in [1.54, 1.807) is 0 Å². The van der Waals surface area contributed by atoms with E-state index in [-0.39, 0.29) is 0 Å². The van der Waals surface area contributed by atoms with Crippen molar-refractivity contribution in [3.05, 3.63) is 36.7 Å². The molecule has 1 N–H and O–H groups in total. The normalized spacial score (nSPS) is 17.3. The molecule has 3 rings (SSSR count). The summed E-state index contributed by atoms with van der Waals surface area (Å²) in [7, 11) is 2.06. The Kier molecular flexibility index (Phi) is 3.15. The monoisotopic (exact) mass is 241 g/mol. The number of rotatable bonds is 2. The van der Waals surface area contributed by atoms with E-state index in [0.717, 1.165) is 13.1 Å². The van der Waals surface area contributed by atoms with Crippen molar-refractivity contribution in [3.8, 4) is 0 Å². The summed E-state index contributed by atoms with van der Waals surface area (Å²) in [5, 5.41) is 5.92. The number of nitrogens with one attached hydrogen (secondary N) is 1. The number of fused-ring (bicyclic) bond motifs is 1. The van der Waals surface area contributed by atoms with Gasteiger partial charge in [0.15, 0.2) is 0 Å². The van der Waals surface area contributed by atoms with Crippen molar-refractivity contribution < 1.29 is 0 Å². The molecular weight excluding hydrogens is 222 g/mol. The van der Waals surface area contributed by atoms with Gasteiger partial charge in [-0.25, -0.2) is 0 Å². The summed E-state index contributed by atoms with van der Waals surface area (Å²) in [6, 6.07) is 9.26. The number of piperidine rings is 1. The van der Waals surface area contributed by atoms with E-state index < -0.39 is 0 Å². The van der Waals surface area contributed by atoms with Crippen molar-refractivity contribution in [1.29, 1.82) is 0 Å². The maximum absolute atomic E-state index is 4.26. The number of benzene rings is 1. The Hall–Kier alpha value is -1.61. The minimum atomic E-state index is 0.675. The van der Waals surface area contributed by atoms with Crippen molar-refractivity contribution in [3.63, 3.8) is 0 Å². The van der Waals surface area contributed by atoms with Crippen LogP contribution in [-0.4, -0.2) is 31.2 Å². The molecule has 2 aromatic rings. The fraction of sp³-hybridized carbons (Fsp3) is 0.400. The highest BCUT2D eigenvalue weighted by Crippen LogP contribution is 2.28. The molecule has 94 valence electrons. The second-order valence-electron chi connectivity index (χ2n) is 4.92. The number of pyridine rings is 1. The summed E-state index contributed by atoms with van der Waals surface area (Å²) in [6.07, 6.45) is 6.27. The Morgan fingerprint density at radius 1 is 1.22 bits per heavy atom. The molecule has 1 fully saturated rings. The summed E-state index contributed by atoms with van der Waals surface area (Å²) < 4.78 is 0. The Balaban J connectivity index is 1.91. The lowest BCUT2D eigenvalue weighted by Crippen LogP contribution is -2.41. The summed E-state index contributed by atoms with van der Waals surface area (Å²) in [5.41, 5.74) is 1.33. The van der Waals surface area contributed by atoms with Gasteiger partial charge in [0.25, 0.3) is 0 Å². The summed E-state index contributed by atoms with van der Waals surface area (Å²) in [5.74, 6) is 0. The molecule has 3 nitrogen and oxygen atoms in total. The van der Waals surface area contributed by atoms with Crippen LogP contribution in [0.4, 0.5) is 5.69 Å². The third-order valence-corrected chi connectivity index (χ3v) is 3.90. The van der Waals surface area contributed by atoms with Crippen LogP contribution in [0.3, 0.4) is 0 Å². The van der Waals surface area contributed by atoms with Crippen LogP contribution < -0.4 is 10.2 Å². The van der Waals surface area contributed by atoms with Gasteiger partial charge in [-0.15, -0.1) is 0 Å². The standard InChI is InChI=1S/C15H19N3/c1-16-13-6-9-18(10-7-13)15-4-2-3-12-5-8-17-11-14(12)15/h2-5,8,11,13,16H,6-7,9-10H2,1H3. The molecule has 0 aliphatic carbocycles. The first-order valence-corrected chi connectivity index (χ1v) is 6.63. The largest absolute Gasteiger partial charge is 0.371 e. The van der Waals surface area contributed by atoms with Gasteiger partial charge in [-0.05, 0) is 37.4 Å². The van der Waals surface area contributed by atoms with E-state index in [1.165, 1.54) is 29.3 Å². The number of hydrogen-bond donors (Lipinski definition) is 1. The Morgan fingerprint density at radius 3 is 2.83 bits per heavy atom. The van der Waals surface area contributed by atoms with Crippen molar-refractivity contribution >= 4 is 16.5 Å². The van der Waals surface area contributed by atoms with Gasteiger partial charge < -0.3 is 10.2 Å². The van der Waals surface area contributed by atoms with Gasteiger partial charge >= 0.3 is 0 Å². The van der Waals surface area contributed by atoms with E-state index in [9.17, 15) is 0 Å². The maximum atomic E-state index is 4.26. The quantitative estimate of drug-likeness (QED) is 0.875. The molecule has 1 aliphatic rings. The van der Waals surface area contributed by atoms with Crippen LogP contribution in [0.1, 0.15) is 12.8 Å². The van der Waals surface area contributed by atoms with E-state index in [2.05, 4.69) is 46.5 Å². The highest BCUT2D eigenvalue weighted by molar-refractivity contribution is 5.93. The van der Waals surface area contributed by atoms with E-state index in [1.807, 2.05) is 12.4 Å². The smallest absolute Gasteiger partial charge is 0.0461 e. The van der Waals surface area contributed by atoms with Crippen LogP contribution in [-0.2, 0) is 0 Å². The molecule has 1 aromatic heterocycles. The van der Waals surface area contributed by atoms with Crippen molar-refractivity contribution in [2.75, 3.05) is 25.0 Å². The molecule has 0 atom stereocenters. The first-order chi connectivity index (χ1) is 8.88. The molecule has 18 heavy (non-hydrogen) atoms. The third kappa shape index (κ3) is 2.06. The van der Waals surface area contributed by atoms with Crippen LogP contribution in [0.5, 0.6) is 0 Å². The molecule has 0 saturated carbocycles. The molecule has 0 radical (unpaired) electrons. The van der Waals surface area contributed by atoms with Crippen LogP contribution in [0, 0.1) is 0 Å². The minimum Gasteiger partial charge on any atom is -0.371 e. The number of anilines is 1. The molecule has 0 amide bonds. The lowest BCUT2D eigenvalue weighted by Gasteiger charge is -2.34. The van der Waals surface area contributed by atoms with Gasteiger partial charge in [-0.3, -0.25) is 4.98 Å². The second-order valence-corrected chi connectivity index (χ2v) is 4.92. The zero-order valence-electron chi connectivity index (χ0n) is 10.8. The molecule has 3 heteroatoms. The van der Waals surface area contributed by atoms with Crippen molar-refractivity contribution in [2.45, 2.75) is 18.9 Å². The first-order valence-electron chi connectivity index (χ1n) is 6.63. The topological polar surface area (TPSA) is 28.2 Å².